The first kappa shape index (κ1) is 17.8. The largest absolute Gasteiger partial charge is 0.493 e. The highest BCUT2D eigenvalue weighted by atomic mass is 16.5. The SMILES string of the molecule is CCOC(=O)CC(N)c1cccc(-c2cccc(OC)c2OC)c1. The number of hydrogen-bond acceptors (Lipinski definition) is 5. The third-order valence-corrected chi connectivity index (χ3v) is 3.72. The zero-order chi connectivity index (χ0) is 17.5. The van der Waals surface area contributed by atoms with Crippen LogP contribution in [0.3, 0.4) is 0 Å². The minimum Gasteiger partial charge on any atom is -0.493 e. The van der Waals surface area contributed by atoms with Crippen molar-refractivity contribution in [3.05, 3.63) is 48.0 Å². The van der Waals surface area contributed by atoms with Gasteiger partial charge >= 0.3 is 5.97 Å². The van der Waals surface area contributed by atoms with Crippen molar-refractivity contribution in [1.82, 2.24) is 0 Å². The smallest absolute Gasteiger partial charge is 0.307 e. The van der Waals surface area contributed by atoms with Crippen LogP contribution in [0, 0.1) is 0 Å². The molecular formula is C19H23NO4. The molecule has 1 atom stereocenters. The average Bonchev–Trinajstić information content (AvgIpc) is 2.61. The van der Waals surface area contributed by atoms with Crippen LogP contribution in [-0.2, 0) is 9.53 Å². The van der Waals surface area contributed by atoms with Crippen molar-refractivity contribution >= 4 is 5.97 Å². The molecule has 5 heteroatoms. The monoisotopic (exact) mass is 329 g/mol. The zero-order valence-electron chi connectivity index (χ0n) is 14.2. The number of ether oxygens (including phenoxy) is 3. The topological polar surface area (TPSA) is 70.8 Å². The van der Waals surface area contributed by atoms with Gasteiger partial charge in [0.2, 0.25) is 0 Å². The second-order valence-corrected chi connectivity index (χ2v) is 5.28. The quantitative estimate of drug-likeness (QED) is 0.789. The van der Waals surface area contributed by atoms with E-state index in [0.717, 1.165) is 16.7 Å². The molecule has 0 spiro atoms. The van der Waals surface area contributed by atoms with Crippen LogP contribution in [0.25, 0.3) is 11.1 Å². The Hall–Kier alpha value is -2.53. The number of nitrogens with two attached hydrogens (primary N) is 1. The summed E-state index contributed by atoms with van der Waals surface area (Å²) in [6, 6.07) is 13.0. The maximum absolute atomic E-state index is 11.6. The molecule has 5 nitrogen and oxygen atoms in total. The van der Waals surface area contributed by atoms with Crippen LogP contribution >= 0.6 is 0 Å². The van der Waals surface area contributed by atoms with Crippen molar-refractivity contribution in [2.24, 2.45) is 5.73 Å². The second-order valence-electron chi connectivity index (χ2n) is 5.28. The van der Waals surface area contributed by atoms with E-state index in [0.29, 0.717) is 18.1 Å². The highest BCUT2D eigenvalue weighted by Gasteiger charge is 2.15. The molecule has 0 aromatic heterocycles. The number of esters is 1. The van der Waals surface area contributed by atoms with Gasteiger partial charge in [0.1, 0.15) is 0 Å². The molecular weight excluding hydrogens is 306 g/mol. The van der Waals surface area contributed by atoms with Gasteiger partial charge in [-0.25, -0.2) is 0 Å². The van der Waals surface area contributed by atoms with E-state index in [4.69, 9.17) is 19.9 Å². The fourth-order valence-electron chi connectivity index (χ4n) is 2.57. The molecule has 0 aliphatic heterocycles. The van der Waals surface area contributed by atoms with E-state index in [-0.39, 0.29) is 12.4 Å². The first-order valence-electron chi connectivity index (χ1n) is 7.83. The molecule has 2 N–H and O–H groups in total. The molecule has 0 aliphatic rings. The average molecular weight is 329 g/mol. The Morgan fingerprint density at radius 3 is 2.54 bits per heavy atom. The molecule has 0 aliphatic carbocycles. The van der Waals surface area contributed by atoms with Gasteiger partial charge in [-0.3, -0.25) is 4.79 Å². The lowest BCUT2D eigenvalue weighted by atomic mass is 9.97. The van der Waals surface area contributed by atoms with Crippen molar-refractivity contribution in [3.63, 3.8) is 0 Å². The van der Waals surface area contributed by atoms with Crippen LogP contribution < -0.4 is 15.2 Å². The summed E-state index contributed by atoms with van der Waals surface area (Å²) < 4.78 is 15.8. The summed E-state index contributed by atoms with van der Waals surface area (Å²) in [5.74, 6) is 1.03. The number of para-hydroxylation sites is 1. The Balaban J connectivity index is 2.32. The van der Waals surface area contributed by atoms with Gasteiger partial charge in [0.25, 0.3) is 0 Å². The number of carbonyl (C=O) groups excluding carboxylic acids is 1. The van der Waals surface area contributed by atoms with Gasteiger partial charge < -0.3 is 19.9 Å². The van der Waals surface area contributed by atoms with Gasteiger partial charge in [-0.05, 0) is 30.2 Å². The van der Waals surface area contributed by atoms with Crippen LogP contribution in [0.15, 0.2) is 42.5 Å². The number of methoxy groups -OCH3 is 2. The van der Waals surface area contributed by atoms with Crippen LogP contribution in [0.4, 0.5) is 0 Å². The van der Waals surface area contributed by atoms with E-state index < -0.39 is 6.04 Å². The maximum Gasteiger partial charge on any atom is 0.307 e. The van der Waals surface area contributed by atoms with Gasteiger partial charge in [-0.1, -0.05) is 30.3 Å². The fraction of sp³-hybridized carbons (Fsp3) is 0.316. The van der Waals surface area contributed by atoms with E-state index >= 15 is 0 Å². The molecule has 2 aromatic rings. The molecule has 0 heterocycles. The van der Waals surface area contributed by atoms with Crippen molar-refractivity contribution in [2.75, 3.05) is 20.8 Å². The van der Waals surface area contributed by atoms with Crippen LogP contribution in [-0.4, -0.2) is 26.8 Å². The second kappa shape index (κ2) is 8.36. The van der Waals surface area contributed by atoms with Gasteiger partial charge in [0.05, 0.1) is 27.2 Å². The molecule has 128 valence electrons. The molecule has 0 bridgehead atoms. The molecule has 1 unspecified atom stereocenters. The molecule has 0 saturated carbocycles. The predicted molar refractivity (Wildman–Crippen MR) is 93.2 cm³/mol. The van der Waals surface area contributed by atoms with Crippen LogP contribution in [0.1, 0.15) is 24.9 Å². The van der Waals surface area contributed by atoms with Crippen molar-refractivity contribution in [1.29, 1.82) is 0 Å². The minimum atomic E-state index is -0.416. The lowest BCUT2D eigenvalue weighted by Gasteiger charge is -2.15. The summed E-state index contributed by atoms with van der Waals surface area (Å²) in [6.07, 6.45) is 0.145. The maximum atomic E-state index is 11.6. The Morgan fingerprint density at radius 1 is 1.12 bits per heavy atom. The third-order valence-electron chi connectivity index (χ3n) is 3.72. The minimum absolute atomic E-state index is 0.145. The Morgan fingerprint density at radius 2 is 1.88 bits per heavy atom. The molecule has 2 aromatic carbocycles. The number of hydrogen-bond donors (Lipinski definition) is 1. The number of rotatable bonds is 7. The molecule has 24 heavy (non-hydrogen) atoms. The Labute approximate surface area is 142 Å². The Kier molecular flexibility index (Phi) is 6.21. The summed E-state index contributed by atoms with van der Waals surface area (Å²) in [6.45, 7) is 2.13. The number of benzene rings is 2. The van der Waals surface area contributed by atoms with Crippen molar-refractivity contribution in [2.45, 2.75) is 19.4 Å². The highest BCUT2D eigenvalue weighted by molar-refractivity contribution is 5.75. The van der Waals surface area contributed by atoms with Gasteiger partial charge in [-0.2, -0.15) is 0 Å². The van der Waals surface area contributed by atoms with Crippen molar-refractivity contribution in [3.8, 4) is 22.6 Å². The van der Waals surface area contributed by atoms with Crippen molar-refractivity contribution < 1.29 is 19.0 Å². The fourth-order valence-corrected chi connectivity index (χ4v) is 2.57. The summed E-state index contributed by atoms with van der Waals surface area (Å²) in [4.78, 5) is 11.6. The molecule has 0 saturated heterocycles. The standard InChI is InChI=1S/C19H23NO4/c1-4-24-18(21)12-16(20)14-8-5-7-13(11-14)15-9-6-10-17(22-2)19(15)23-3/h5-11,16H,4,12,20H2,1-3H3. The Bertz CT molecular complexity index is 700. The van der Waals surface area contributed by atoms with Gasteiger partial charge in [0, 0.05) is 11.6 Å². The normalized spacial score (nSPS) is 11.7. The zero-order valence-corrected chi connectivity index (χ0v) is 14.2. The van der Waals surface area contributed by atoms with E-state index in [2.05, 4.69) is 0 Å². The third kappa shape index (κ3) is 4.06. The van der Waals surface area contributed by atoms with Crippen LogP contribution in [0.5, 0.6) is 11.5 Å². The summed E-state index contributed by atoms with van der Waals surface area (Å²) in [5.41, 5.74) is 8.86. The lowest BCUT2D eigenvalue weighted by Crippen LogP contribution is -2.17. The molecule has 2 rings (SSSR count). The first-order valence-corrected chi connectivity index (χ1v) is 7.83. The van der Waals surface area contributed by atoms with E-state index in [1.807, 2.05) is 42.5 Å². The summed E-state index contributed by atoms with van der Waals surface area (Å²) in [5, 5.41) is 0. The van der Waals surface area contributed by atoms with E-state index in [1.54, 1.807) is 21.1 Å². The molecule has 0 fully saturated rings. The summed E-state index contributed by atoms with van der Waals surface area (Å²) in [7, 11) is 3.21. The summed E-state index contributed by atoms with van der Waals surface area (Å²) >= 11 is 0. The predicted octanol–water partition coefficient (Wildman–Crippen LogP) is 3.32. The first-order chi connectivity index (χ1) is 11.6. The molecule has 0 amide bonds. The van der Waals surface area contributed by atoms with E-state index in [9.17, 15) is 4.79 Å². The van der Waals surface area contributed by atoms with Gasteiger partial charge in [-0.15, -0.1) is 0 Å². The highest BCUT2D eigenvalue weighted by Crippen LogP contribution is 2.38. The number of carbonyl (C=O) groups is 1. The lowest BCUT2D eigenvalue weighted by molar-refractivity contribution is -0.143. The van der Waals surface area contributed by atoms with Gasteiger partial charge in [0.15, 0.2) is 11.5 Å². The van der Waals surface area contributed by atoms with E-state index in [1.165, 1.54) is 0 Å². The van der Waals surface area contributed by atoms with Crippen LogP contribution in [0.2, 0.25) is 0 Å². The molecule has 0 radical (unpaired) electrons.